The molecule has 0 spiro atoms. The van der Waals surface area contributed by atoms with Gasteiger partial charge in [0.1, 0.15) is 6.04 Å². The molecule has 0 saturated carbocycles. The SMILES string of the molecule is CC1NC(=O)NC1C(N)=O. The Balaban J connectivity index is 2.63. The van der Waals surface area contributed by atoms with E-state index in [1.807, 2.05) is 0 Å². The van der Waals surface area contributed by atoms with Crippen molar-refractivity contribution in [2.45, 2.75) is 19.0 Å². The monoisotopic (exact) mass is 143 g/mol. The maximum atomic E-state index is 10.5. The van der Waals surface area contributed by atoms with Crippen molar-refractivity contribution < 1.29 is 9.59 Å². The number of rotatable bonds is 1. The quantitative estimate of drug-likeness (QED) is 0.419. The van der Waals surface area contributed by atoms with E-state index in [0.29, 0.717) is 0 Å². The third-order valence-corrected chi connectivity index (χ3v) is 1.45. The van der Waals surface area contributed by atoms with Crippen LogP contribution in [-0.4, -0.2) is 24.0 Å². The van der Waals surface area contributed by atoms with Gasteiger partial charge in [-0.1, -0.05) is 0 Å². The van der Waals surface area contributed by atoms with E-state index in [1.54, 1.807) is 6.92 Å². The standard InChI is InChI=1S/C5H9N3O2/c1-2-3(4(6)9)8-5(10)7-2/h2-3H,1H3,(H2,6,9)(H2,7,8,10). The van der Waals surface area contributed by atoms with Crippen LogP contribution >= 0.6 is 0 Å². The summed E-state index contributed by atoms with van der Waals surface area (Å²) in [5, 5.41) is 4.88. The van der Waals surface area contributed by atoms with Gasteiger partial charge < -0.3 is 16.4 Å². The lowest BCUT2D eigenvalue weighted by atomic mass is 10.2. The van der Waals surface area contributed by atoms with Crippen molar-refractivity contribution >= 4 is 11.9 Å². The van der Waals surface area contributed by atoms with E-state index in [0.717, 1.165) is 0 Å². The summed E-state index contributed by atoms with van der Waals surface area (Å²) in [4.78, 5) is 21.1. The summed E-state index contributed by atoms with van der Waals surface area (Å²) in [7, 11) is 0. The molecule has 1 saturated heterocycles. The summed E-state index contributed by atoms with van der Waals surface area (Å²) in [6.45, 7) is 1.72. The number of hydrogen-bond acceptors (Lipinski definition) is 2. The number of carbonyl (C=O) groups excluding carboxylic acids is 2. The Morgan fingerprint density at radius 2 is 2.20 bits per heavy atom. The third-order valence-electron chi connectivity index (χ3n) is 1.45. The fourth-order valence-corrected chi connectivity index (χ4v) is 0.916. The zero-order chi connectivity index (χ0) is 7.72. The lowest BCUT2D eigenvalue weighted by Crippen LogP contribution is -2.43. The van der Waals surface area contributed by atoms with Crippen LogP contribution in [0.3, 0.4) is 0 Å². The van der Waals surface area contributed by atoms with Crippen molar-refractivity contribution in [1.82, 2.24) is 10.6 Å². The predicted octanol–water partition coefficient (Wildman–Crippen LogP) is -1.46. The van der Waals surface area contributed by atoms with Crippen LogP contribution < -0.4 is 16.4 Å². The number of urea groups is 1. The number of primary amides is 1. The molecule has 5 nitrogen and oxygen atoms in total. The molecular weight excluding hydrogens is 134 g/mol. The van der Waals surface area contributed by atoms with E-state index < -0.39 is 11.9 Å². The maximum Gasteiger partial charge on any atom is 0.315 e. The Labute approximate surface area is 58.0 Å². The summed E-state index contributed by atoms with van der Waals surface area (Å²) in [6, 6.07) is -1.10. The molecule has 1 aliphatic heterocycles. The molecule has 2 unspecified atom stereocenters. The molecule has 0 aromatic heterocycles. The summed E-state index contributed by atoms with van der Waals surface area (Å²) in [6.07, 6.45) is 0. The molecule has 0 aliphatic carbocycles. The molecule has 1 aliphatic rings. The molecule has 10 heavy (non-hydrogen) atoms. The van der Waals surface area contributed by atoms with Crippen molar-refractivity contribution in [2.24, 2.45) is 5.73 Å². The van der Waals surface area contributed by atoms with Gasteiger partial charge in [-0.15, -0.1) is 0 Å². The van der Waals surface area contributed by atoms with E-state index in [2.05, 4.69) is 10.6 Å². The molecule has 0 aromatic carbocycles. The molecule has 0 aromatic rings. The molecule has 5 heteroatoms. The Hall–Kier alpha value is -1.26. The molecule has 56 valence electrons. The second-order valence-electron chi connectivity index (χ2n) is 2.29. The predicted molar refractivity (Wildman–Crippen MR) is 34.1 cm³/mol. The lowest BCUT2D eigenvalue weighted by molar-refractivity contribution is -0.119. The normalized spacial score (nSPS) is 31.1. The highest BCUT2D eigenvalue weighted by Crippen LogP contribution is 1.98. The van der Waals surface area contributed by atoms with E-state index >= 15 is 0 Å². The number of nitrogens with one attached hydrogen (secondary N) is 2. The van der Waals surface area contributed by atoms with Crippen molar-refractivity contribution in [3.63, 3.8) is 0 Å². The number of carbonyl (C=O) groups is 2. The zero-order valence-corrected chi connectivity index (χ0v) is 5.55. The number of nitrogens with two attached hydrogens (primary N) is 1. The molecule has 1 heterocycles. The molecule has 2 atom stereocenters. The summed E-state index contributed by atoms with van der Waals surface area (Å²) in [5.74, 6) is -0.508. The zero-order valence-electron chi connectivity index (χ0n) is 5.55. The van der Waals surface area contributed by atoms with Crippen LogP contribution in [0, 0.1) is 0 Å². The fourth-order valence-electron chi connectivity index (χ4n) is 0.916. The topological polar surface area (TPSA) is 84.2 Å². The highest BCUT2D eigenvalue weighted by atomic mass is 16.2. The molecule has 1 rings (SSSR count). The summed E-state index contributed by atoms with van der Waals surface area (Å²) in [5.41, 5.74) is 4.96. The number of amides is 3. The first-order valence-corrected chi connectivity index (χ1v) is 2.97. The minimum Gasteiger partial charge on any atom is -0.368 e. The fraction of sp³-hybridized carbons (Fsp3) is 0.600. The van der Waals surface area contributed by atoms with Gasteiger partial charge >= 0.3 is 6.03 Å². The van der Waals surface area contributed by atoms with Gasteiger partial charge in [0.2, 0.25) is 5.91 Å². The molecular formula is C5H9N3O2. The molecule has 1 fully saturated rings. The first kappa shape index (κ1) is 6.85. The van der Waals surface area contributed by atoms with E-state index in [4.69, 9.17) is 5.73 Å². The van der Waals surface area contributed by atoms with Crippen molar-refractivity contribution in [2.75, 3.05) is 0 Å². The molecule has 0 bridgehead atoms. The largest absolute Gasteiger partial charge is 0.368 e. The van der Waals surface area contributed by atoms with Gasteiger partial charge in [0, 0.05) is 0 Å². The van der Waals surface area contributed by atoms with Crippen LogP contribution in [0.25, 0.3) is 0 Å². The van der Waals surface area contributed by atoms with Crippen LogP contribution in [0.1, 0.15) is 6.92 Å². The highest BCUT2D eigenvalue weighted by Gasteiger charge is 2.31. The van der Waals surface area contributed by atoms with Crippen LogP contribution in [0.4, 0.5) is 4.79 Å². The Morgan fingerprint density at radius 3 is 2.40 bits per heavy atom. The molecule has 3 amide bonds. The van der Waals surface area contributed by atoms with Gasteiger partial charge in [0.25, 0.3) is 0 Å². The maximum absolute atomic E-state index is 10.5. The van der Waals surface area contributed by atoms with E-state index in [9.17, 15) is 9.59 Å². The van der Waals surface area contributed by atoms with Gasteiger partial charge in [0.15, 0.2) is 0 Å². The molecule has 4 N–H and O–H groups in total. The Kier molecular flexibility index (Phi) is 1.48. The first-order valence-electron chi connectivity index (χ1n) is 2.97. The van der Waals surface area contributed by atoms with Gasteiger partial charge in [-0.25, -0.2) is 4.79 Å². The minimum atomic E-state index is -0.563. The van der Waals surface area contributed by atoms with E-state index in [-0.39, 0.29) is 12.1 Å². The number of hydrogen-bond donors (Lipinski definition) is 3. The van der Waals surface area contributed by atoms with Crippen molar-refractivity contribution in [3.05, 3.63) is 0 Å². The van der Waals surface area contributed by atoms with Crippen molar-refractivity contribution in [1.29, 1.82) is 0 Å². The van der Waals surface area contributed by atoms with Gasteiger partial charge in [-0.2, -0.15) is 0 Å². The summed E-state index contributed by atoms with van der Waals surface area (Å²) >= 11 is 0. The van der Waals surface area contributed by atoms with Crippen LogP contribution in [0.2, 0.25) is 0 Å². The first-order chi connectivity index (χ1) is 4.61. The second kappa shape index (κ2) is 2.17. The Bertz CT molecular complexity index is 180. The summed E-state index contributed by atoms with van der Waals surface area (Å²) < 4.78 is 0. The smallest absolute Gasteiger partial charge is 0.315 e. The van der Waals surface area contributed by atoms with Crippen molar-refractivity contribution in [3.8, 4) is 0 Å². The van der Waals surface area contributed by atoms with E-state index in [1.165, 1.54) is 0 Å². The third kappa shape index (κ3) is 1.02. The highest BCUT2D eigenvalue weighted by molar-refractivity contribution is 5.90. The average Bonchev–Trinajstić information content (AvgIpc) is 2.10. The average molecular weight is 143 g/mol. The van der Waals surface area contributed by atoms with Gasteiger partial charge in [-0.05, 0) is 6.92 Å². The van der Waals surface area contributed by atoms with Gasteiger partial charge in [-0.3, -0.25) is 4.79 Å². The van der Waals surface area contributed by atoms with Gasteiger partial charge in [0.05, 0.1) is 6.04 Å². The second-order valence-corrected chi connectivity index (χ2v) is 2.29. The van der Waals surface area contributed by atoms with Crippen LogP contribution in [0.15, 0.2) is 0 Å². The lowest BCUT2D eigenvalue weighted by Gasteiger charge is -2.07. The minimum absolute atomic E-state index is 0.204. The van der Waals surface area contributed by atoms with Crippen LogP contribution in [0.5, 0.6) is 0 Å². The molecule has 0 radical (unpaired) electrons. The van der Waals surface area contributed by atoms with Crippen LogP contribution in [-0.2, 0) is 4.79 Å². The Morgan fingerprint density at radius 1 is 1.60 bits per heavy atom.